The Hall–Kier alpha value is -0.810. The molecule has 0 aromatic heterocycles. The molecule has 0 N–H and O–H groups in total. The molecule has 3 aliphatic rings. The normalized spacial score (nSPS) is 34.7. The van der Waals surface area contributed by atoms with Crippen molar-refractivity contribution in [2.45, 2.75) is 50.9 Å². The third-order valence-corrected chi connectivity index (χ3v) is 4.48. The molecule has 2 amide bonds. The zero-order chi connectivity index (χ0) is 13.2. The molecule has 5 nitrogen and oxygen atoms in total. The van der Waals surface area contributed by atoms with Crippen molar-refractivity contribution in [3.8, 4) is 0 Å². The van der Waals surface area contributed by atoms with Gasteiger partial charge in [0.25, 0.3) is 0 Å². The maximum absolute atomic E-state index is 12.6. The second kappa shape index (κ2) is 5.67. The molecule has 3 saturated heterocycles. The summed E-state index contributed by atoms with van der Waals surface area (Å²) in [6, 6.07) is 0.415. The van der Waals surface area contributed by atoms with Gasteiger partial charge in [0.15, 0.2) is 0 Å². The van der Waals surface area contributed by atoms with Gasteiger partial charge in [0, 0.05) is 26.3 Å². The van der Waals surface area contributed by atoms with Gasteiger partial charge in [-0.05, 0) is 32.6 Å². The maximum Gasteiger partial charge on any atom is 0.320 e. The number of carbonyl (C=O) groups is 1. The summed E-state index contributed by atoms with van der Waals surface area (Å²) in [7, 11) is 0. The lowest BCUT2D eigenvalue weighted by Crippen LogP contribution is -2.48. The molecule has 0 bridgehead atoms. The molecule has 5 heteroatoms. The van der Waals surface area contributed by atoms with Crippen LogP contribution in [0.4, 0.5) is 4.79 Å². The van der Waals surface area contributed by atoms with Gasteiger partial charge in [-0.3, -0.25) is 0 Å². The standard InChI is InChI=1S/C14H24N2O3/c1-2-18-12-10-16(11-6-5-9-19-13(11)12)14(17)15-7-3-4-8-15/h11-13H,2-10H2,1H3/t11-,12+,13+/m0/s1. The zero-order valence-electron chi connectivity index (χ0n) is 11.7. The third-order valence-electron chi connectivity index (χ3n) is 4.48. The minimum absolute atomic E-state index is 0.0573. The van der Waals surface area contributed by atoms with Crippen LogP contribution < -0.4 is 0 Å². The van der Waals surface area contributed by atoms with Crippen molar-refractivity contribution in [3.05, 3.63) is 0 Å². The summed E-state index contributed by atoms with van der Waals surface area (Å²) < 4.78 is 11.7. The summed E-state index contributed by atoms with van der Waals surface area (Å²) in [4.78, 5) is 16.6. The minimum Gasteiger partial charge on any atom is -0.374 e. The molecule has 3 aliphatic heterocycles. The van der Waals surface area contributed by atoms with E-state index in [1.165, 1.54) is 0 Å². The highest BCUT2D eigenvalue weighted by atomic mass is 16.5. The van der Waals surface area contributed by atoms with Crippen LogP contribution in [0.3, 0.4) is 0 Å². The smallest absolute Gasteiger partial charge is 0.320 e. The molecular formula is C14H24N2O3. The summed E-state index contributed by atoms with van der Waals surface area (Å²) in [6.07, 6.45) is 4.51. The molecule has 0 spiro atoms. The van der Waals surface area contributed by atoms with Gasteiger partial charge in [-0.1, -0.05) is 0 Å². The Morgan fingerprint density at radius 3 is 2.84 bits per heavy atom. The first-order valence-corrected chi connectivity index (χ1v) is 7.60. The molecule has 0 aromatic carbocycles. The van der Waals surface area contributed by atoms with Crippen LogP contribution in [0.1, 0.15) is 32.6 Å². The van der Waals surface area contributed by atoms with Crippen molar-refractivity contribution in [2.75, 3.05) is 32.8 Å². The highest BCUT2D eigenvalue weighted by Crippen LogP contribution is 2.31. The van der Waals surface area contributed by atoms with E-state index in [1.807, 2.05) is 16.7 Å². The lowest BCUT2D eigenvalue weighted by molar-refractivity contribution is -0.0737. The van der Waals surface area contributed by atoms with Gasteiger partial charge in [-0.25, -0.2) is 4.79 Å². The van der Waals surface area contributed by atoms with Crippen LogP contribution in [-0.4, -0.2) is 66.9 Å². The number of likely N-dealkylation sites (tertiary alicyclic amines) is 2. The Labute approximate surface area is 114 Å². The van der Waals surface area contributed by atoms with Crippen LogP contribution in [0.25, 0.3) is 0 Å². The first kappa shape index (κ1) is 13.2. The van der Waals surface area contributed by atoms with Crippen molar-refractivity contribution < 1.29 is 14.3 Å². The Bertz CT molecular complexity index is 331. The fourth-order valence-corrected chi connectivity index (χ4v) is 3.58. The van der Waals surface area contributed by atoms with Crippen molar-refractivity contribution in [1.29, 1.82) is 0 Å². The van der Waals surface area contributed by atoms with Gasteiger partial charge in [0.2, 0.25) is 0 Å². The molecule has 0 saturated carbocycles. The van der Waals surface area contributed by atoms with Crippen molar-refractivity contribution in [3.63, 3.8) is 0 Å². The van der Waals surface area contributed by atoms with E-state index >= 15 is 0 Å². The van der Waals surface area contributed by atoms with Crippen molar-refractivity contribution in [2.24, 2.45) is 0 Å². The van der Waals surface area contributed by atoms with Gasteiger partial charge in [0.05, 0.1) is 12.6 Å². The summed E-state index contributed by atoms with van der Waals surface area (Å²) in [5.74, 6) is 0. The largest absolute Gasteiger partial charge is 0.374 e. The van der Waals surface area contributed by atoms with Crippen LogP contribution in [-0.2, 0) is 9.47 Å². The predicted molar refractivity (Wildman–Crippen MR) is 71.1 cm³/mol. The number of rotatable bonds is 2. The molecule has 0 radical (unpaired) electrons. The summed E-state index contributed by atoms with van der Waals surface area (Å²) in [5, 5.41) is 0. The molecule has 108 valence electrons. The summed E-state index contributed by atoms with van der Waals surface area (Å²) >= 11 is 0. The van der Waals surface area contributed by atoms with Gasteiger partial charge in [-0.2, -0.15) is 0 Å². The molecule has 0 unspecified atom stereocenters. The number of hydrogen-bond acceptors (Lipinski definition) is 3. The Kier molecular flexibility index (Phi) is 3.93. The van der Waals surface area contributed by atoms with Crippen LogP contribution in [0, 0.1) is 0 Å². The highest BCUT2D eigenvalue weighted by Gasteiger charge is 2.47. The monoisotopic (exact) mass is 268 g/mol. The second-order valence-corrected chi connectivity index (χ2v) is 5.67. The average Bonchev–Trinajstić information content (AvgIpc) is 3.07. The van der Waals surface area contributed by atoms with E-state index in [9.17, 15) is 4.79 Å². The van der Waals surface area contributed by atoms with Crippen LogP contribution >= 0.6 is 0 Å². The number of nitrogens with zero attached hydrogens (tertiary/aromatic N) is 2. The van der Waals surface area contributed by atoms with Crippen molar-refractivity contribution in [1.82, 2.24) is 9.80 Å². The van der Waals surface area contributed by atoms with E-state index in [0.29, 0.717) is 13.2 Å². The molecule has 0 aromatic rings. The molecule has 3 rings (SSSR count). The fourth-order valence-electron chi connectivity index (χ4n) is 3.58. The lowest BCUT2D eigenvalue weighted by Gasteiger charge is -2.33. The first-order chi connectivity index (χ1) is 9.31. The fraction of sp³-hybridized carbons (Fsp3) is 0.929. The van der Waals surface area contributed by atoms with Gasteiger partial charge >= 0.3 is 6.03 Å². The Morgan fingerprint density at radius 2 is 2.11 bits per heavy atom. The van der Waals surface area contributed by atoms with E-state index in [1.54, 1.807) is 0 Å². The SMILES string of the molecule is CCO[C@@H]1CN(C(=O)N2CCCC2)[C@H]2CCCO[C@@H]12. The van der Waals surface area contributed by atoms with Gasteiger partial charge < -0.3 is 19.3 Å². The summed E-state index contributed by atoms with van der Waals surface area (Å²) in [6.45, 7) is 6.00. The average molecular weight is 268 g/mol. The predicted octanol–water partition coefficient (Wildman–Crippen LogP) is 1.47. The summed E-state index contributed by atoms with van der Waals surface area (Å²) in [5.41, 5.74) is 0. The van der Waals surface area contributed by atoms with Crippen LogP contribution in [0.5, 0.6) is 0 Å². The third kappa shape index (κ3) is 2.46. The minimum atomic E-state index is 0.0573. The topological polar surface area (TPSA) is 42.0 Å². The number of carbonyl (C=O) groups excluding carboxylic acids is 1. The molecule has 19 heavy (non-hydrogen) atoms. The van der Waals surface area contributed by atoms with Crippen LogP contribution in [0.15, 0.2) is 0 Å². The molecular weight excluding hydrogens is 244 g/mol. The van der Waals surface area contributed by atoms with E-state index in [4.69, 9.17) is 9.47 Å². The molecule has 3 atom stereocenters. The first-order valence-electron chi connectivity index (χ1n) is 7.60. The molecule has 3 fully saturated rings. The van der Waals surface area contributed by atoms with E-state index < -0.39 is 0 Å². The van der Waals surface area contributed by atoms with E-state index in [0.717, 1.165) is 45.4 Å². The van der Waals surface area contributed by atoms with Crippen molar-refractivity contribution >= 4 is 6.03 Å². The van der Waals surface area contributed by atoms with Gasteiger partial charge in [0.1, 0.15) is 12.2 Å². The lowest BCUT2D eigenvalue weighted by atomic mass is 10.0. The molecule has 0 aliphatic carbocycles. The number of ether oxygens (including phenoxy) is 2. The number of fused-ring (bicyclic) bond motifs is 1. The Balaban J connectivity index is 1.71. The van der Waals surface area contributed by atoms with E-state index in [-0.39, 0.29) is 24.3 Å². The second-order valence-electron chi connectivity index (χ2n) is 5.67. The number of hydrogen-bond donors (Lipinski definition) is 0. The molecule has 3 heterocycles. The van der Waals surface area contributed by atoms with E-state index in [2.05, 4.69) is 0 Å². The number of amides is 2. The Morgan fingerprint density at radius 1 is 1.32 bits per heavy atom. The highest BCUT2D eigenvalue weighted by molar-refractivity contribution is 5.75. The van der Waals surface area contributed by atoms with Gasteiger partial charge in [-0.15, -0.1) is 0 Å². The number of urea groups is 1. The van der Waals surface area contributed by atoms with Crippen LogP contribution in [0.2, 0.25) is 0 Å². The zero-order valence-corrected chi connectivity index (χ0v) is 11.7. The quantitative estimate of drug-likeness (QED) is 0.761. The maximum atomic E-state index is 12.6.